The van der Waals surface area contributed by atoms with Crippen molar-refractivity contribution in [1.82, 2.24) is 10.2 Å². The summed E-state index contributed by atoms with van der Waals surface area (Å²) in [7, 11) is 0. The van der Waals surface area contributed by atoms with E-state index in [2.05, 4.69) is 10.3 Å². The highest BCUT2D eigenvalue weighted by atomic mass is 35.5. The van der Waals surface area contributed by atoms with Crippen molar-refractivity contribution in [3.63, 3.8) is 0 Å². The van der Waals surface area contributed by atoms with Gasteiger partial charge in [-0.1, -0.05) is 0 Å². The van der Waals surface area contributed by atoms with Crippen LogP contribution >= 0.6 is 12.4 Å². The summed E-state index contributed by atoms with van der Waals surface area (Å²) in [5.41, 5.74) is 5.30. The molecule has 0 radical (unpaired) electrons. The Bertz CT molecular complexity index is 395. The Labute approximate surface area is 132 Å². The number of likely N-dealkylation sites (tertiary alicyclic amines) is 1. The van der Waals surface area contributed by atoms with Crippen LogP contribution in [0, 0.1) is 5.92 Å². The monoisotopic (exact) mass is 318 g/mol. The van der Waals surface area contributed by atoms with Crippen LogP contribution < -0.4 is 11.1 Å². The van der Waals surface area contributed by atoms with Crippen LogP contribution in [0.25, 0.3) is 0 Å². The smallest absolute Gasteiger partial charge is 0.410 e. The molecule has 0 aliphatic carbocycles. The fourth-order valence-corrected chi connectivity index (χ4v) is 2.82. The minimum atomic E-state index is -0.440. The maximum absolute atomic E-state index is 12.1. The van der Waals surface area contributed by atoms with Crippen LogP contribution in [0.15, 0.2) is 4.99 Å². The molecule has 6 nitrogen and oxygen atoms in total. The molecule has 0 saturated carbocycles. The van der Waals surface area contributed by atoms with Crippen LogP contribution in [-0.4, -0.2) is 48.2 Å². The Morgan fingerprint density at radius 2 is 2.14 bits per heavy atom. The SMILES string of the molecule is CC(C)(C)OC(=O)N1CCCC(C2CCN=C(N)N2)C1.Cl. The van der Waals surface area contributed by atoms with E-state index in [1.165, 1.54) is 0 Å². The molecule has 0 bridgehead atoms. The Balaban J connectivity index is 0.00000220. The molecule has 122 valence electrons. The number of hydrogen-bond donors (Lipinski definition) is 2. The van der Waals surface area contributed by atoms with Gasteiger partial charge in [0.25, 0.3) is 0 Å². The number of guanidine groups is 1. The van der Waals surface area contributed by atoms with E-state index in [0.29, 0.717) is 17.9 Å². The summed E-state index contributed by atoms with van der Waals surface area (Å²) < 4.78 is 5.45. The van der Waals surface area contributed by atoms with E-state index in [-0.39, 0.29) is 18.5 Å². The predicted octanol–water partition coefficient (Wildman–Crippen LogP) is 1.73. The number of nitrogens with zero attached hydrogens (tertiary/aromatic N) is 2. The van der Waals surface area contributed by atoms with Gasteiger partial charge in [0, 0.05) is 25.7 Å². The number of carbonyl (C=O) groups is 1. The van der Waals surface area contributed by atoms with Crippen molar-refractivity contribution in [1.29, 1.82) is 0 Å². The molecule has 0 aromatic carbocycles. The molecule has 21 heavy (non-hydrogen) atoms. The minimum Gasteiger partial charge on any atom is -0.444 e. The van der Waals surface area contributed by atoms with Crippen LogP contribution in [-0.2, 0) is 4.74 Å². The molecule has 1 amide bonds. The van der Waals surface area contributed by atoms with Gasteiger partial charge in [-0.05, 0) is 46.0 Å². The lowest BCUT2D eigenvalue weighted by atomic mass is 9.88. The first-order valence-corrected chi connectivity index (χ1v) is 7.39. The molecule has 0 spiro atoms. The van der Waals surface area contributed by atoms with Gasteiger partial charge < -0.3 is 20.7 Å². The molecule has 3 N–H and O–H groups in total. The standard InChI is InChI=1S/C14H26N4O2.ClH/c1-14(2,3)20-13(19)18-8-4-5-10(9-18)11-6-7-16-12(15)17-11;/h10-11H,4-9H2,1-3H3,(H3,15,16,17);1H. The van der Waals surface area contributed by atoms with Crippen LogP contribution in [0.5, 0.6) is 0 Å². The van der Waals surface area contributed by atoms with Gasteiger partial charge in [0.2, 0.25) is 0 Å². The predicted molar refractivity (Wildman–Crippen MR) is 85.8 cm³/mol. The van der Waals surface area contributed by atoms with E-state index in [4.69, 9.17) is 10.5 Å². The lowest BCUT2D eigenvalue weighted by Crippen LogP contribution is -2.53. The van der Waals surface area contributed by atoms with Crippen molar-refractivity contribution in [2.75, 3.05) is 19.6 Å². The Morgan fingerprint density at radius 3 is 2.76 bits per heavy atom. The average Bonchev–Trinajstić information content (AvgIpc) is 2.37. The Kier molecular flexibility index (Phi) is 6.13. The quantitative estimate of drug-likeness (QED) is 0.771. The van der Waals surface area contributed by atoms with E-state index in [1.54, 1.807) is 0 Å². The molecular formula is C14H27ClN4O2. The third-order valence-corrected chi connectivity index (χ3v) is 3.73. The molecule has 1 saturated heterocycles. The van der Waals surface area contributed by atoms with Crippen LogP contribution in [0.1, 0.15) is 40.0 Å². The number of rotatable bonds is 1. The van der Waals surface area contributed by atoms with Gasteiger partial charge in [0.1, 0.15) is 5.60 Å². The zero-order valence-corrected chi connectivity index (χ0v) is 13.9. The highest BCUT2D eigenvalue weighted by molar-refractivity contribution is 5.85. The fraction of sp³-hybridized carbons (Fsp3) is 0.857. The van der Waals surface area contributed by atoms with Crippen LogP contribution in [0.2, 0.25) is 0 Å². The summed E-state index contributed by atoms with van der Waals surface area (Å²) in [6.07, 6.45) is 2.90. The van der Waals surface area contributed by atoms with E-state index >= 15 is 0 Å². The van der Waals surface area contributed by atoms with Crippen molar-refractivity contribution in [3.8, 4) is 0 Å². The highest BCUT2D eigenvalue weighted by Gasteiger charge is 2.32. The van der Waals surface area contributed by atoms with Gasteiger partial charge in [-0.3, -0.25) is 4.99 Å². The molecule has 7 heteroatoms. The van der Waals surface area contributed by atoms with Gasteiger partial charge >= 0.3 is 6.09 Å². The number of ether oxygens (including phenoxy) is 1. The van der Waals surface area contributed by atoms with Crippen molar-refractivity contribution < 1.29 is 9.53 Å². The number of hydrogen-bond acceptors (Lipinski definition) is 5. The Hall–Kier alpha value is -1.17. The minimum absolute atomic E-state index is 0. The van der Waals surface area contributed by atoms with Crippen molar-refractivity contribution in [3.05, 3.63) is 0 Å². The first kappa shape index (κ1) is 17.9. The second kappa shape index (κ2) is 7.20. The molecule has 2 aliphatic heterocycles. The number of piperidine rings is 1. The number of aliphatic imine (C=N–C) groups is 1. The average molecular weight is 319 g/mol. The van der Waals surface area contributed by atoms with Crippen molar-refractivity contribution >= 4 is 24.5 Å². The zero-order chi connectivity index (χ0) is 14.8. The van der Waals surface area contributed by atoms with Gasteiger partial charge in [-0.2, -0.15) is 0 Å². The fourth-order valence-electron chi connectivity index (χ4n) is 2.82. The molecule has 1 fully saturated rings. The highest BCUT2D eigenvalue weighted by Crippen LogP contribution is 2.24. The lowest BCUT2D eigenvalue weighted by molar-refractivity contribution is 0.0146. The summed E-state index contributed by atoms with van der Waals surface area (Å²) in [5.74, 6) is 0.945. The summed E-state index contributed by atoms with van der Waals surface area (Å²) in [5, 5.41) is 3.24. The van der Waals surface area contributed by atoms with Gasteiger partial charge in [0.15, 0.2) is 5.96 Å². The largest absolute Gasteiger partial charge is 0.444 e. The van der Waals surface area contributed by atoms with E-state index in [9.17, 15) is 4.79 Å². The first-order chi connectivity index (χ1) is 9.35. The lowest BCUT2D eigenvalue weighted by Gasteiger charge is -2.38. The number of nitrogens with one attached hydrogen (secondary N) is 1. The molecule has 0 aromatic rings. The third-order valence-electron chi connectivity index (χ3n) is 3.73. The third kappa shape index (κ3) is 5.26. The number of amides is 1. The maximum atomic E-state index is 12.1. The number of halogens is 1. The van der Waals surface area contributed by atoms with Gasteiger partial charge in [-0.15, -0.1) is 12.4 Å². The van der Waals surface area contributed by atoms with E-state index in [1.807, 2.05) is 25.7 Å². The number of carbonyl (C=O) groups excluding carboxylic acids is 1. The zero-order valence-electron chi connectivity index (χ0n) is 13.1. The van der Waals surface area contributed by atoms with Crippen LogP contribution in [0.3, 0.4) is 0 Å². The van der Waals surface area contributed by atoms with E-state index in [0.717, 1.165) is 38.9 Å². The van der Waals surface area contributed by atoms with Crippen molar-refractivity contribution in [2.45, 2.75) is 51.7 Å². The molecular weight excluding hydrogens is 292 g/mol. The second-order valence-corrected chi connectivity index (χ2v) is 6.64. The summed E-state index contributed by atoms with van der Waals surface area (Å²) >= 11 is 0. The first-order valence-electron chi connectivity index (χ1n) is 7.39. The summed E-state index contributed by atoms with van der Waals surface area (Å²) in [6.45, 7) is 7.97. The van der Waals surface area contributed by atoms with E-state index < -0.39 is 5.60 Å². The van der Waals surface area contributed by atoms with Crippen molar-refractivity contribution in [2.24, 2.45) is 16.6 Å². The molecule has 2 rings (SSSR count). The summed E-state index contributed by atoms with van der Waals surface area (Å²) in [4.78, 5) is 18.1. The Morgan fingerprint density at radius 1 is 1.43 bits per heavy atom. The molecule has 2 atom stereocenters. The van der Waals surface area contributed by atoms with Gasteiger partial charge in [-0.25, -0.2) is 4.79 Å². The summed E-state index contributed by atoms with van der Waals surface area (Å²) in [6, 6.07) is 0.317. The molecule has 2 unspecified atom stereocenters. The normalized spacial score (nSPS) is 26.2. The topological polar surface area (TPSA) is 80.0 Å². The maximum Gasteiger partial charge on any atom is 0.410 e. The molecule has 2 heterocycles. The van der Waals surface area contributed by atoms with Crippen LogP contribution in [0.4, 0.5) is 4.79 Å². The molecule has 2 aliphatic rings. The van der Waals surface area contributed by atoms with Gasteiger partial charge in [0.05, 0.1) is 0 Å². The molecule has 0 aromatic heterocycles. The second-order valence-electron chi connectivity index (χ2n) is 6.64. The number of nitrogens with two attached hydrogens (primary N) is 1.